The summed E-state index contributed by atoms with van der Waals surface area (Å²) in [5, 5.41) is 3.42. The maximum atomic E-state index is 3.42. The molecule has 0 spiro atoms. The van der Waals surface area contributed by atoms with Crippen molar-refractivity contribution < 1.29 is 0 Å². The van der Waals surface area contributed by atoms with E-state index in [0.717, 1.165) is 12.6 Å². The summed E-state index contributed by atoms with van der Waals surface area (Å²) in [5.74, 6) is 0. The second-order valence-corrected chi connectivity index (χ2v) is 3.31. The van der Waals surface area contributed by atoms with Gasteiger partial charge in [0.25, 0.3) is 0 Å². The molecule has 0 amide bonds. The van der Waals surface area contributed by atoms with Gasteiger partial charge in [-0.2, -0.15) is 0 Å². The van der Waals surface area contributed by atoms with E-state index < -0.39 is 0 Å². The van der Waals surface area contributed by atoms with Gasteiger partial charge in [0.15, 0.2) is 0 Å². The summed E-state index contributed by atoms with van der Waals surface area (Å²) in [7, 11) is 0. The predicted molar refractivity (Wildman–Crippen MR) is 51.9 cm³/mol. The second kappa shape index (κ2) is 8.06. The molecule has 0 aliphatic rings. The van der Waals surface area contributed by atoms with Crippen LogP contribution < -0.4 is 5.32 Å². The van der Waals surface area contributed by atoms with Crippen LogP contribution in [0.2, 0.25) is 0 Å². The first-order valence-electron chi connectivity index (χ1n) is 5.04. The molecule has 0 rings (SSSR count). The lowest BCUT2D eigenvalue weighted by atomic mass is 10.1. The third kappa shape index (κ3) is 7.86. The maximum Gasteiger partial charge on any atom is 0.00386 e. The van der Waals surface area contributed by atoms with E-state index in [4.69, 9.17) is 0 Å². The molecule has 1 N–H and O–H groups in total. The van der Waals surface area contributed by atoms with Gasteiger partial charge in [0, 0.05) is 6.04 Å². The molecule has 0 saturated heterocycles. The first kappa shape index (κ1) is 11.0. The SMILES string of the molecule is CCCCCCC(C)NCC. The zero-order valence-corrected chi connectivity index (χ0v) is 8.32. The Morgan fingerprint density at radius 1 is 1.09 bits per heavy atom. The van der Waals surface area contributed by atoms with Crippen molar-refractivity contribution >= 4 is 0 Å². The van der Waals surface area contributed by atoms with E-state index in [1.54, 1.807) is 0 Å². The third-order valence-electron chi connectivity index (χ3n) is 2.04. The van der Waals surface area contributed by atoms with Gasteiger partial charge in [0.1, 0.15) is 0 Å². The van der Waals surface area contributed by atoms with Crippen molar-refractivity contribution in [2.24, 2.45) is 0 Å². The minimum absolute atomic E-state index is 0.719. The molecular formula is C10H23N. The van der Waals surface area contributed by atoms with Gasteiger partial charge in [-0.1, -0.05) is 39.5 Å². The van der Waals surface area contributed by atoms with Crippen molar-refractivity contribution in [3.8, 4) is 0 Å². The molecule has 1 nitrogen and oxygen atoms in total. The van der Waals surface area contributed by atoms with Gasteiger partial charge in [-0.3, -0.25) is 0 Å². The van der Waals surface area contributed by atoms with Gasteiger partial charge in [0.05, 0.1) is 0 Å². The summed E-state index contributed by atoms with van der Waals surface area (Å²) >= 11 is 0. The largest absolute Gasteiger partial charge is 0.315 e. The molecule has 0 fully saturated rings. The van der Waals surface area contributed by atoms with Crippen LogP contribution in [0.25, 0.3) is 0 Å². The third-order valence-corrected chi connectivity index (χ3v) is 2.04. The van der Waals surface area contributed by atoms with Crippen molar-refractivity contribution in [3.05, 3.63) is 0 Å². The average molecular weight is 157 g/mol. The lowest BCUT2D eigenvalue weighted by molar-refractivity contribution is 0.495. The molecule has 1 heteroatoms. The fourth-order valence-corrected chi connectivity index (χ4v) is 1.33. The molecule has 0 aliphatic heterocycles. The van der Waals surface area contributed by atoms with Crippen molar-refractivity contribution in [2.75, 3.05) is 6.54 Å². The topological polar surface area (TPSA) is 12.0 Å². The summed E-state index contributed by atoms with van der Waals surface area (Å²) < 4.78 is 0. The van der Waals surface area contributed by atoms with E-state index in [1.165, 1.54) is 32.1 Å². The van der Waals surface area contributed by atoms with Crippen LogP contribution >= 0.6 is 0 Å². The Labute approximate surface area is 71.6 Å². The summed E-state index contributed by atoms with van der Waals surface area (Å²) in [6.07, 6.45) is 6.89. The summed E-state index contributed by atoms with van der Waals surface area (Å²) in [6, 6.07) is 0.719. The number of nitrogens with one attached hydrogen (secondary N) is 1. The van der Waals surface area contributed by atoms with Crippen LogP contribution in [0.3, 0.4) is 0 Å². The molecule has 0 aromatic carbocycles. The smallest absolute Gasteiger partial charge is 0.00386 e. The Morgan fingerprint density at radius 2 is 1.82 bits per heavy atom. The lowest BCUT2D eigenvalue weighted by Gasteiger charge is -2.10. The highest BCUT2D eigenvalue weighted by Crippen LogP contribution is 2.04. The molecule has 1 atom stereocenters. The van der Waals surface area contributed by atoms with E-state index in [9.17, 15) is 0 Å². The van der Waals surface area contributed by atoms with Crippen molar-refractivity contribution in [2.45, 2.75) is 58.9 Å². The highest BCUT2D eigenvalue weighted by atomic mass is 14.9. The molecule has 1 unspecified atom stereocenters. The Morgan fingerprint density at radius 3 is 2.36 bits per heavy atom. The van der Waals surface area contributed by atoms with Gasteiger partial charge in [-0.25, -0.2) is 0 Å². The van der Waals surface area contributed by atoms with Gasteiger partial charge in [-0.05, 0) is 19.9 Å². The van der Waals surface area contributed by atoms with Crippen LogP contribution in [-0.4, -0.2) is 12.6 Å². The highest BCUT2D eigenvalue weighted by Gasteiger charge is 1.97. The molecular weight excluding hydrogens is 134 g/mol. The van der Waals surface area contributed by atoms with Crippen LogP contribution in [0.15, 0.2) is 0 Å². The number of hydrogen-bond acceptors (Lipinski definition) is 1. The average Bonchev–Trinajstić information content (AvgIpc) is 1.99. The zero-order chi connectivity index (χ0) is 8.53. The fraction of sp³-hybridized carbons (Fsp3) is 1.00. The monoisotopic (exact) mass is 157 g/mol. The molecule has 0 bridgehead atoms. The van der Waals surface area contributed by atoms with E-state index >= 15 is 0 Å². The van der Waals surface area contributed by atoms with Gasteiger partial charge in [-0.15, -0.1) is 0 Å². The van der Waals surface area contributed by atoms with Gasteiger partial charge in [0.2, 0.25) is 0 Å². The zero-order valence-electron chi connectivity index (χ0n) is 8.32. The molecule has 0 radical (unpaired) electrons. The van der Waals surface area contributed by atoms with E-state index in [-0.39, 0.29) is 0 Å². The number of unbranched alkanes of at least 4 members (excludes halogenated alkanes) is 3. The van der Waals surface area contributed by atoms with Crippen LogP contribution in [0.5, 0.6) is 0 Å². The van der Waals surface area contributed by atoms with Crippen LogP contribution in [0.1, 0.15) is 52.9 Å². The van der Waals surface area contributed by atoms with Gasteiger partial charge < -0.3 is 5.32 Å². The molecule has 68 valence electrons. The van der Waals surface area contributed by atoms with Crippen LogP contribution in [-0.2, 0) is 0 Å². The minimum atomic E-state index is 0.719. The molecule has 0 aromatic heterocycles. The molecule has 11 heavy (non-hydrogen) atoms. The number of hydrogen-bond donors (Lipinski definition) is 1. The quantitative estimate of drug-likeness (QED) is 0.560. The number of rotatable bonds is 7. The first-order chi connectivity index (χ1) is 5.31. The Balaban J connectivity index is 2.97. The standard InChI is InChI=1S/C10H23N/c1-4-6-7-8-9-10(3)11-5-2/h10-11H,4-9H2,1-3H3. The summed E-state index contributed by atoms with van der Waals surface area (Å²) in [6.45, 7) is 7.81. The second-order valence-electron chi connectivity index (χ2n) is 3.31. The predicted octanol–water partition coefficient (Wildman–Crippen LogP) is 2.95. The fourth-order valence-electron chi connectivity index (χ4n) is 1.33. The maximum absolute atomic E-state index is 3.42. The molecule has 0 aromatic rings. The molecule has 0 saturated carbocycles. The molecule has 0 heterocycles. The minimum Gasteiger partial charge on any atom is -0.315 e. The highest BCUT2D eigenvalue weighted by molar-refractivity contribution is 4.58. The Hall–Kier alpha value is -0.0400. The van der Waals surface area contributed by atoms with Crippen molar-refractivity contribution in [1.82, 2.24) is 5.32 Å². The summed E-state index contributed by atoms with van der Waals surface area (Å²) in [4.78, 5) is 0. The van der Waals surface area contributed by atoms with Gasteiger partial charge >= 0.3 is 0 Å². The van der Waals surface area contributed by atoms with E-state index in [0.29, 0.717) is 0 Å². The summed E-state index contributed by atoms with van der Waals surface area (Å²) in [5.41, 5.74) is 0. The Kier molecular flexibility index (Phi) is 8.03. The van der Waals surface area contributed by atoms with E-state index in [1.807, 2.05) is 0 Å². The normalized spacial score (nSPS) is 13.4. The first-order valence-corrected chi connectivity index (χ1v) is 5.04. The van der Waals surface area contributed by atoms with Crippen molar-refractivity contribution in [1.29, 1.82) is 0 Å². The molecule has 0 aliphatic carbocycles. The van der Waals surface area contributed by atoms with Crippen LogP contribution in [0, 0.1) is 0 Å². The lowest BCUT2D eigenvalue weighted by Crippen LogP contribution is -2.25. The van der Waals surface area contributed by atoms with Crippen LogP contribution in [0.4, 0.5) is 0 Å². The van der Waals surface area contributed by atoms with Crippen molar-refractivity contribution in [3.63, 3.8) is 0 Å². The van der Waals surface area contributed by atoms with E-state index in [2.05, 4.69) is 26.1 Å². The Bertz CT molecular complexity index is 71.3.